The second-order valence-corrected chi connectivity index (χ2v) is 8.69. The molecule has 0 fully saturated rings. The van der Waals surface area contributed by atoms with Crippen LogP contribution in [0.1, 0.15) is 43.1 Å². The fraction of sp³-hybridized carbons (Fsp3) is 0.296. The molecule has 1 heterocycles. The van der Waals surface area contributed by atoms with Crippen molar-refractivity contribution in [1.29, 1.82) is 0 Å². The van der Waals surface area contributed by atoms with E-state index in [4.69, 9.17) is 21.1 Å². The molecule has 1 aromatic heterocycles. The largest absolute Gasteiger partial charge is 0.494 e. The first kappa shape index (κ1) is 26.0. The predicted molar refractivity (Wildman–Crippen MR) is 136 cm³/mol. The van der Waals surface area contributed by atoms with Gasteiger partial charge in [0.1, 0.15) is 17.5 Å². The average molecular weight is 496 g/mol. The maximum Gasteiger partial charge on any atom is 0.253 e. The molecular weight excluding hydrogens is 466 g/mol. The van der Waals surface area contributed by atoms with Crippen LogP contribution in [0.5, 0.6) is 17.4 Å². The van der Waals surface area contributed by atoms with Crippen LogP contribution >= 0.6 is 11.6 Å². The Morgan fingerprint density at radius 2 is 1.71 bits per heavy atom. The van der Waals surface area contributed by atoms with Crippen LogP contribution in [-0.2, 0) is 11.3 Å². The summed E-state index contributed by atoms with van der Waals surface area (Å²) in [5.74, 6) is 0.906. The smallest absolute Gasteiger partial charge is 0.253 e. The molecule has 8 heteroatoms. The second kappa shape index (κ2) is 12.8. The van der Waals surface area contributed by atoms with E-state index in [1.165, 1.54) is 0 Å². The number of amides is 2. The zero-order chi connectivity index (χ0) is 25.2. The highest BCUT2D eigenvalue weighted by Gasteiger charge is 2.25. The Bertz CT molecular complexity index is 1140. The van der Waals surface area contributed by atoms with Gasteiger partial charge in [-0.3, -0.25) is 9.59 Å². The lowest BCUT2D eigenvalue weighted by atomic mass is 10.0. The minimum atomic E-state index is -0.740. The van der Waals surface area contributed by atoms with Crippen LogP contribution in [-0.4, -0.2) is 29.4 Å². The summed E-state index contributed by atoms with van der Waals surface area (Å²) in [4.78, 5) is 30.0. The summed E-state index contributed by atoms with van der Waals surface area (Å²) in [7, 11) is 0. The lowest BCUT2D eigenvalue weighted by molar-refractivity contribution is -0.124. The normalized spacial score (nSPS) is 11.6. The van der Waals surface area contributed by atoms with Gasteiger partial charge < -0.3 is 20.1 Å². The fourth-order valence-electron chi connectivity index (χ4n) is 3.28. The third kappa shape index (κ3) is 7.45. The molecule has 184 valence electrons. The third-order valence-corrected chi connectivity index (χ3v) is 5.50. The standard InChI is InChI=1S/C27H30ClN3O4/c1-4-16-34-20-11-13-21(14-12-20)35-27-19(8-7-15-29-27)17-30-26(33)24(18(2)3)31-25(32)22-9-5-6-10-23(22)28/h5-15,18,24H,4,16-17H2,1-3H3,(H,30,33)(H,31,32). The zero-order valence-corrected chi connectivity index (χ0v) is 20.8. The van der Waals surface area contributed by atoms with Crippen molar-refractivity contribution in [3.05, 3.63) is 83.0 Å². The van der Waals surface area contributed by atoms with Crippen LogP contribution < -0.4 is 20.1 Å². The molecule has 0 bridgehead atoms. The van der Waals surface area contributed by atoms with Crippen molar-refractivity contribution in [1.82, 2.24) is 15.6 Å². The molecule has 3 aromatic rings. The average Bonchev–Trinajstić information content (AvgIpc) is 2.86. The van der Waals surface area contributed by atoms with Gasteiger partial charge in [0.2, 0.25) is 11.8 Å². The van der Waals surface area contributed by atoms with Crippen LogP contribution in [0.2, 0.25) is 5.02 Å². The summed E-state index contributed by atoms with van der Waals surface area (Å²) in [5.41, 5.74) is 1.02. The first-order chi connectivity index (χ1) is 16.9. The number of hydrogen-bond donors (Lipinski definition) is 2. The van der Waals surface area contributed by atoms with E-state index < -0.39 is 11.9 Å². The van der Waals surface area contributed by atoms with Gasteiger partial charge in [-0.2, -0.15) is 0 Å². The highest BCUT2D eigenvalue weighted by molar-refractivity contribution is 6.33. The van der Waals surface area contributed by atoms with Gasteiger partial charge in [0, 0.05) is 18.3 Å². The van der Waals surface area contributed by atoms with Gasteiger partial charge in [0.15, 0.2) is 0 Å². The number of hydrogen-bond acceptors (Lipinski definition) is 5. The van der Waals surface area contributed by atoms with Crippen molar-refractivity contribution in [2.45, 2.75) is 39.8 Å². The molecule has 2 N–H and O–H groups in total. The number of carbonyl (C=O) groups excluding carboxylic acids is 2. The molecule has 0 spiro atoms. The van der Waals surface area contributed by atoms with Crippen molar-refractivity contribution in [3.8, 4) is 17.4 Å². The maximum absolute atomic E-state index is 13.0. The monoisotopic (exact) mass is 495 g/mol. The molecule has 7 nitrogen and oxygen atoms in total. The fourth-order valence-corrected chi connectivity index (χ4v) is 3.50. The van der Waals surface area contributed by atoms with Crippen molar-refractivity contribution in [2.24, 2.45) is 5.92 Å². The van der Waals surface area contributed by atoms with Crippen LogP contribution in [0, 0.1) is 5.92 Å². The van der Waals surface area contributed by atoms with E-state index in [1.54, 1.807) is 48.7 Å². The van der Waals surface area contributed by atoms with Gasteiger partial charge in [-0.05, 0) is 54.8 Å². The number of pyridine rings is 1. The number of nitrogens with zero attached hydrogens (tertiary/aromatic N) is 1. The number of aromatic nitrogens is 1. The molecule has 2 amide bonds. The van der Waals surface area contributed by atoms with Crippen LogP contribution in [0.4, 0.5) is 0 Å². The molecule has 0 aliphatic carbocycles. The molecule has 2 aromatic carbocycles. The maximum atomic E-state index is 13.0. The van der Waals surface area contributed by atoms with Crippen LogP contribution in [0.3, 0.4) is 0 Å². The van der Waals surface area contributed by atoms with Gasteiger partial charge in [0.05, 0.1) is 17.2 Å². The Kier molecular flexibility index (Phi) is 9.49. The minimum Gasteiger partial charge on any atom is -0.494 e. The van der Waals surface area contributed by atoms with Crippen LogP contribution in [0.15, 0.2) is 66.9 Å². The summed E-state index contributed by atoms with van der Waals surface area (Å²) < 4.78 is 11.5. The third-order valence-electron chi connectivity index (χ3n) is 5.17. The molecule has 3 rings (SSSR count). The van der Waals surface area contributed by atoms with Crippen molar-refractivity contribution in [3.63, 3.8) is 0 Å². The summed E-state index contributed by atoms with van der Waals surface area (Å²) >= 11 is 6.13. The number of carbonyl (C=O) groups is 2. The number of nitrogens with one attached hydrogen (secondary N) is 2. The Labute approximate surface area is 210 Å². The predicted octanol–water partition coefficient (Wildman–Crippen LogP) is 5.39. The van der Waals surface area contributed by atoms with E-state index in [0.717, 1.165) is 12.2 Å². The summed E-state index contributed by atoms with van der Waals surface area (Å²) in [6.45, 7) is 6.62. The van der Waals surface area contributed by atoms with Gasteiger partial charge in [-0.15, -0.1) is 0 Å². The molecular formula is C27H30ClN3O4. The lowest BCUT2D eigenvalue weighted by Gasteiger charge is -2.22. The van der Waals surface area contributed by atoms with E-state index >= 15 is 0 Å². The first-order valence-corrected chi connectivity index (χ1v) is 11.9. The highest BCUT2D eigenvalue weighted by Crippen LogP contribution is 2.25. The molecule has 0 aliphatic heterocycles. The van der Waals surface area contributed by atoms with E-state index in [-0.39, 0.29) is 18.4 Å². The highest BCUT2D eigenvalue weighted by atomic mass is 35.5. The molecule has 1 atom stereocenters. The molecule has 0 radical (unpaired) electrons. The SMILES string of the molecule is CCCOc1ccc(Oc2ncccc2CNC(=O)C(NC(=O)c2ccccc2Cl)C(C)C)cc1. The Morgan fingerprint density at radius 1 is 1.00 bits per heavy atom. The van der Waals surface area contributed by atoms with Gasteiger partial charge >= 0.3 is 0 Å². The van der Waals surface area contributed by atoms with Gasteiger partial charge in [-0.1, -0.05) is 50.6 Å². The molecule has 1 unspecified atom stereocenters. The number of benzene rings is 2. The topological polar surface area (TPSA) is 89.6 Å². The number of rotatable bonds is 11. The van der Waals surface area contributed by atoms with E-state index in [2.05, 4.69) is 22.5 Å². The number of ether oxygens (including phenoxy) is 2. The molecule has 0 saturated heterocycles. The molecule has 0 saturated carbocycles. The lowest BCUT2D eigenvalue weighted by Crippen LogP contribution is -2.49. The van der Waals surface area contributed by atoms with E-state index in [1.807, 2.05) is 32.0 Å². The van der Waals surface area contributed by atoms with Crippen molar-refractivity contribution < 1.29 is 19.1 Å². The summed E-state index contributed by atoms with van der Waals surface area (Å²) in [5, 5.41) is 6.00. The Balaban J connectivity index is 1.64. The van der Waals surface area contributed by atoms with Gasteiger partial charge in [0.25, 0.3) is 5.91 Å². The van der Waals surface area contributed by atoms with Gasteiger partial charge in [-0.25, -0.2) is 4.98 Å². The quantitative estimate of drug-likeness (QED) is 0.372. The first-order valence-electron chi connectivity index (χ1n) is 11.6. The minimum absolute atomic E-state index is 0.139. The molecule has 0 aliphatic rings. The Hall–Kier alpha value is -3.58. The van der Waals surface area contributed by atoms with Crippen molar-refractivity contribution >= 4 is 23.4 Å². The second-order valence-electron chi connectivity index (χ2n) is 8.28. The van der Waals surface area contributed by atoms with E-state index in [0.29, 0.717) is 34.4 Å². The van der Waals surface area contributed by atoms with Crippen LogP contribution in [0.25, 0.3) is 0 Å². The summed E-state index contributed by atoms with van der Waals surface area (Å²) in [6, 6.07) is 16.9. The number of halogens is 1. The van der Waals surface area contributed by atoms with Crippen molar-refractivity contribution in [2.75, 3.05) is 6.61 Å². The molecule has 35 heavy (non-hydrogen) atoms. The summed E-state index contributed by atoms with van der Waals surface area (Å²) in [6.07, 6.45) is 2.56. The van der Waals surface area contributed by atoms with E-state index in [9.17, 15) is 9.59 Å². The zero-order valence-electron chi connectivity index (χ0n) is 20.1. The Morgan fingerprint density at radius 3 is 2.40 bits per heavy atom.